The summed E-state index contributed by atoms with van der Waals surface area (Å²) < 4.78 is 5.33. The number of fused-ring (bicyclic) bond motifs is 1. The van der Waals surface area contributed by atoms with Gasteiger partial charge in [-0.1, -0.05) is 23.2 Å². The zero-order valence-electron chi connectivity index (χ0n) is 12.8. The molecule has 132 valence electrons. The number of carbonyl (C=O) groups excluding carboxylic acids is 1. The Morgan fingerprint density at radius 2 is 2.04 bits per heavy atom. The zero-order valence-corrected chi connectivity index (χ0v) is 14.3. The fraction of sp³-hybridized carbons (Fsp3) is 0. The van der Waals surface area contributed by atoms with E-state index in [-0.39, 0.29) is 27.8 Å². The van der Waals surface area contributed by atoms with Gasteiger partial charge in [0.05, 0.1) is 16.2 Å². The number of nitro benzene ring substituents is 1. The van der Waals surface area contributed by atoms with Crippen molar-refractivity contribution in [2.75, 3.05) is 0 Å². The standard InChI is InChI=1S/C16H9Cl2N3O5/c17-10-3-9(15(22)12(18)6-10)7-19-20-16(23)14-5-8-4-11(21(24)25)1-2-13(8)26-14/h1-7,22H,(H,20,23)/b19-7-. The molecule has 0 aliphatic heterocycles. The molecule has 0 atom stereocenters. The molecule has 3 rings (SSSR count). The van der Waals surface area contributed by atoms with Crippen LogP contribution in [-0.2, 0) is 0 Å². The summed E-state index contributed by atoms with van der Waals surface area (Å²) in [4.78, 5) is 22.3. The van der Waals surface area contributed by atoms with Crippen LogP contribution in [-0.4, -0.2) is 22.2 Å². The molecule has 1 heterocycles. The third-order valence-corrected chi connectivity index (χ3v) is 3.87. The number of hydrazone groups is 1. The number of aromatic hydroxyl groups is 1. The maximum absolute atomic E-state index is 12.1. The average molecular weight is 394 g/mol. The lowest BCUT2D eigenvalue weighted by Gasteiger charge is -2.02. The van der Waals surface area contributed by atoms with Gasteiger partial charge in [-0.2, -0.15) is 5.10 Å². The van der Waals surface area contributed by atoms with Gasteiger partial charge >= 0.3 is 5.91 Å². The van der Waals surface area contributed by atoms with E-state index in [1.807, 2.05) is 0 Å². The second-order valence-electron chi connectivity index (χ2n) is 5.11. The van der Waals surface area contributed by atoms with E-state index in [1.54, 1.807) is 0 Å². The van der Waals surface area contributed by atoms with Gasteiger partial charge in [0.1, 0.15) is 11.3 Å². The molecule has 2 aromatic carbocycles. The summed E-state index contributed by atoms with van der Waals surface area (Å²) in [5, 5.41) is 25.0. The molecule has 3 aromatic rings. The fourth-order valence-electron chi connectivity index (χ4n) is 2.16. The molecule has 0 radical (unpaired) electrons. The van der Waals surface area contributed by atoms with Gasteiger partial charge in [0.25, 0.3) is 5.69 Å². The van der Waals surface area contributed by atoms with Gasteiger partial charge in [0.15, 0.2) is 5.76 Å². The van der Waals surface area contributed by atoms with Gasteiger partial charge in [-0.15, -0.1) is 0 Å². The predicted octanol–water partition coefficient (Wildman–Crippen LogP) is 4.12. The molecule has 8 nitrogen and oxygen atoms in total. The van der Waals surface area contributed by atoms with Crippen LogP contribution in [0.15, 0.2) is 45.9 Å². The number of halogens is 2. The van der Waals surface area contributed by atoms with Crippen molar-refractivity contribution in [3.8, 4) is 5.75 Å². The second-order valence-corrected chi connectivity index (χ2v) is 5.96. The monoisotopic (exact) mass is 393 g/mol. The number of rotatable bonds is 4. The molecule has 1 aromatic heterocycles. The summed E-state index contributed by atoms with van der Waals surface area (Å²) in [7, 11) is 0. The van der Waals surface area contributed by atoms with Crippen LogP contribution in [0.25, 0.3) is 11.0 Å². The first-order valence-corrected chi connectivity index (χ1v) is 7.80. The van der Waals surface area contributed by atoms with Crippen molar-refractivity contribution in [1.29, 1.82) is 0 Å². The van der Waals surface area contributed by atoms with Crippen molar-refractivity contribution < 1.29 is 19.2 Å². The minimum absolute atomic E-state index is 0.0455. The molecule has 2 N–H and O–H groups in total. The molecule has 0 fully saturated rings. The first-order chi connectivity index (χ1) is 12.3. The Balaban J connectivity index is 1.78. The maximum atomic E-state index is 12.1. The van der Waals surface area contributed by atoms with E-state index in [2.05, 4.69) is 10.5 Å². The summed E-state index contributed by atoms with van der Waals surface area (Å²) in [6.07, 6.45) is 1.17. The van der Waals surface area contributed by atoms with Crippen molar-refractivity contribution in [2.24, 2.45) is 5.10 Å². The van der Waals surface area contributed by atoms with Crippen LogP contribution in [0.1, 0.15) is 16.1 Å². The molecular formula is C16H9Cl2N3O5. The molecule has 0 saturated heterocycles. The van der Waals surface area contributed by atoms with Crippen molar-refractivity contribution in [3.05, 3.63) is 67.9 Å². The highest BCUT2D eigenvalue weighted by atomic mass is 35.5. The summed E-state index contributed by atoms with van der Waals surface area (Å²) in [6, 6.07) is 8.11. The van der Waals surface area contributed by atoms with Gasteiger partial charge in [0.2, 0.25) is 0 Å². The highest BCUT2D eigenvalue weighted by molar-refractivity contribution is 6.36. The first-order valence-electron chi connectivity index (χ1n) is 7.04. The average Bonchev–Trinajstić information content (AvgIpc) is 3.02. The Bertz CT molecular complexity index is 1060. The fourth-order valence-corrected chi connectivity index (χ4v) is 2.67. The Labute approximate surface area is 155 Å². The number of carbonyl (C=O) groups is 1. The number of nitrogens with zero attached hydrogens (tertiary/aromatic N) is 2. The molecule has 10 heteroatoms. The molecule has 0 saturated carbocycles. The number of hydrogen-bond acceptors (Lipinski definition) is 6. The summed E-state index contributed by atoms with van der Waals surface area (Å²) in [5.41, 5.74) is 2.64. The molecule has 1 amide bonds. The maximum Gasteiger partial charge on any atom is 0.307 e. The number of benzene rings is 2. The van der Waals surface area contributed by atoms with Crippen molar-refractivity contribution >= 4 is 52.0 Å². The molecule has 0 bridgehead atoms. The first kappa shape index (κ1) is 17.7. The van der Waals surface area contributed by atoms with Crippen LogP contribution < -0.4 is 5.43 Å². The third kappa shape index (κ3) is 3.61. The van der Waals surface area contributed by atoms with Gasteiger partial charge < -0.3 is 9.52 Å². The van der Waals surface area contributed by atoms with E-state index < -0.39 is 10.8 Å². The van der Waals surface area contributed by atoms with Crippen LogP contribution >= 0.6 is 23.2 Å². The minimum atomic E-state index is -0.673. The Hall–Kier alpha value is -3.10. The van der Waals surface area contributed by atoms with Crippen molar-refractivity contribution in [3.63, 3.8) is 0 Å². The van der Waals surface area contributed by atoms with Crippen LogP contribution in [0.3, 0.4) is 0 Å². The van der Waals surface area contributed by atoms with E-state index in [9.17, 15) is 20.0 Å². The lowest BCUT2D eigenvalue weighted by atomic mass is 10.2. The number of nitro groups is 1. The van der Waals surface area contributed by atoms with E-state index in [0.717, 1.165) is 0 Å². The van der Waals surface area contributed by atoms with Crippen molar-refractivity contribution in [2.45, 2.75) is 0 Å². The number of amides is 1. The van der Waals surface area contributed by atoms with Gasteiger partial charge in [-0.05, 0) is 24.3 Å². The molecule has 0 aliphatic carbocycles. The topological polar surface area (TPSA) is 118 Å². The van der Waals surface area contributed by atoms with Crippen molar-refractivity contribution in [1.82, 2.24) is 5.43 Å². The normalized spacial score (nSPS) is 11.2. The second kappa shape index (κ2) is 7.03. The van der Waals surface area contributed by atoms with Gasteiger partial charge in [-0.3, -0.25) is 14.9 Å². The number of non-ortho nitro benzene ring substituents is 1. The number of nitrogens with one attached hydrogen (secondary N) is 1. The highest BCUT2D eigenvalue weighted by Crippen LogP contribution is 2.30. The minimum Gasteiger partial charge on any atom is -0.506 e. The molecule has 0 spiro atoms. The van der Waals surface area contributed by atoms with Gasteiger partial charge in [0, 0.05) is 28.1 Å². The summed E-state index contributed by atoms with van der Waals surface area (Å²) in [6.45, 7) is 0. The SMILES string of the molecule is O=C(N/N=C\c1cc(Cl)cc(Cl)c1O)c1cc2cc([N+](=O)[O-])ccc2o1. The highest BCUT2D eigenvalue weighted by Gasteiger charge is 2.14. The largest absolute Gasteiger partial charge is 0.506 e. The van der Waals surface area contributed by atoms with Crippen LogP contribution in [0.2, 0.25) is 10.0 Å². The molecule has 0 aliphatic rings. The quantitative estimate of drug-likeness (QED) is 0.392. The molecular weight excluding hydrogens is 385 g/mol. The third-order valence-electron chi connectivity index (χ3n) is 3.36. The summed E-state index contributed by atoms with van der Waals surface area (Å²) in [5.74, 6) is -0.983. The lowest BCUT2D eigenvalue weighted by molar-refractivity contribution is -0.384. The zero-order chi connectivity index (χ0) is 18.8. The lowest BCUT2D eigenvalue weighted by Crippen LogP contribution is -2.16. The van der Waals surface area contributed by atoms with Crippen LogP contribution in [0, 0.1) is 10.1 Å². The Kier molecular flexibility index (Phi) is 4.79. The van der Waals surface area contributed by atoms with Crippen LogP contribution in [0.5, 0.6) is 5.75 Å². The van der Waals surface area contributed by atoms with E-state index >= 15 is 0 Å². The molecule has 26 heavy (non-hydrogen) atoms. The number of phenols is 1. The summed E-state index contributed by atoms with van der Waals surface area (Å²) >= 11 is 11.6. The smallest absolute Gasteiger partial charge is 0.307 e. The van der Waals surface area contributed by atoms with Crippen LogP contribution in [0.4, 0.5) is 5.69 Å². The number of furan rings is 1. The Morgan fingerprint density at radius 1 is 1.27 bits per heavy atom. The number of phenolic OH excluding ortho intramolecular Hbond substituents is 1. The molecule has 0 unspecified atom stereocenters. The number of hydrogen-bond donors (Lipinski definition) is 2. The van der Waals surface area contributed by atoms with E-state index in [0.29, 0.717) is 16.0 Å². The Morgan fingerprint density at radius 3 is 2.77 bits per heavy atom. The van der Waals surface area contributed by atoms with E-state index in [4.69, 9.17) is 27.6 Å². The van der Waals surface area contributed by atoms with Gasteiger partial charge in [-0.25, -0.2) is 5.43 Å². The predicted molar refractivity (Wildman–Crippen MR) is 96.1 cm³/mol. The van der Waals surface area contributed by atoms with E-state index in [1.165, 1.54) is 42.6 Å².